The Hall–Kier alpha value is -1.55. The first kappa shape index (κ1) is 11.5. The molecule has 1 aliphatic rings. The Labute approximate surface area is 106 Å². The fraction of sp³-hybridized carbons (Fsp3) is 0.500. The zero-order valence-corrected chi connectivity index (χ0v) is 10.8. The smallest absolute Gasteiger partial charge is 0.202 e. The maximum absolute atomic E-state index is 5.90. The second-order valence-electron chi connectivity index (χ2n) is 5.19. The van der Waals surface area contributed by atoms with Gasteiger partial charge >= 0.3 is 0 Å². The molecule has 2 aromatic rings. The first-order valence-corrected chi connectivity index (χ1v) is 6.37. The van der Waals surface area contributed by atoms with E-state index in [0.29, 0.717) is 0 Å². The van der Waals surface area contributed by atoms with E-state index in [1.807, 2.05) is 18.2 Å². The van der Waals surface area contributed by atoms with Crippen molar-refractivity contribution in [2.75, 3.05) is 20.2 Å². The minimum absolute atomic E-state index is 0.00447. The molecule has 4 nitrogen and oxygen atoms in total. The van der Waals surface area contributed by atoms with E-state index in [1.54, 1.807) is 7.11 Å². The molecule has 1 fully saturated rings. The number of hydrogen-bond acceptors (Lipinski definition) is 4. The molecule has 0 radical (unpaired) electrons. The Morgan fingerprint density at radius 2 is 2.33 bits per heavy atom. The highest BCUT2D eigenvalue weighted by Crippen LogP contribution is 2.33. The van der Waals surface area contributed by atoms with Gasteiger partial charge in [-0.25, -0.2) is 4.98 Å². The fourth-order valence-corrected chi connectivity index (χ4v) is 2.53. The highest BCUT2D eigenvalue weighted by molar-refractivity contribution is 5.74. The predicted molar refractivity (Wildman–Crippen MR) is 70.0 cm³/mol. The Bertz CT molecular complexity index is 556. The molecule has 3 rings (SSSR count). The van der Waals surface area contributed by atoms with Gasteiger partial charge in [-0.15, -0.1) is 0 Å². The number of methoxy groups -OCH3 is 1. The summed E-state index contributed by atoms with van der Waals surface area (Å²) in [7, 11) is 1.66. The molecule has 96 valence electrons. The second-order valence-corrected chi connectivity index (χ2v) is 5.19. The average molecular weight is 246 g/mol. The van der Waals surface area contributed by atoms with Gasteiger partial charge in [-0.1, -0.05) is 0 Å². The Kier molecular flexibility index (Phi) is 2.74. The van der Waals surface area contributed by atoms with Crippen LogP contribution in [0, 0.1) is 0 Å². The minimum Gasteiger partial charge on any atom is -0.497 e. The SMILES string of the molecule is COc1ccc2oc(C3(C)CCCNC3)nc2c1. The van der Waals surface area contributed by atoms with Gasteiger partial charge in [-0.2, -0.15) is 0 Å². The maximum atomic E-state index is 5.90. The quantitative estimate of drug-likeness (QED) is 0.884. The van der Waals surface area contributed by atoms with Gasteiger partial charge in [0.05, 0.1) is 12.5 Å². The van der Waals surface area contributed by atoms with Crippen LogP contribution < -0.4 is 10.1 Å². The third-order valence-electron chi connectivity index (χ3n) is 3.71. The standard InChI is InChI=1S/C14H18N2O2/c1-14(6-3-7-15-9-14)13-16-11-8-10(17-2)4-5-12(11)18-13/h4-5,8,15H,3,6-7,9H2,1-2H3. The zero-order chi connectivity index (χ0) is 12.6. The minimum atomic E-state index is 0.00447. The Morgan fingerprint density at radius 3 is 3.06 bits per heavy atom. The lowest BCUT2D eigenvalue weighted by atomic mass is 9.83. The summed E-state index contributed by atoms with van der Waals surface area (Å²) in [5.41, 5.74) is 1.71. The van der Waals surface area contributed by atoms with Crippen molar-refractivity contribution < 1.29 is 9.15 Å². The molecule has 1 aromatic heterocycles. The van der Waals surface area contributed by atoms with Crippen LogP contribution >= 0.6 is 0 Å². The number of nitrogens with zero attached hydrogens (tertiary/aromatic N) is 1. The van der Waals surface area contributed by atoms with Crippen LogP contribution in [0.4, 0.5) is 0 Å². The lowest BCUT2D eigenvalue weighted by Crippen LogP contribution is -2.41. The van der Waals surface area contributed by atoms with Crippen molar-refractivity contribution in [2.24, 2.45) is 0 Å². The van der Waals surface area contributed by atoms with E-state index in [-0.39, 0.29) is 5.41 Å². The van der Waals surface area contributed by atoms with E-state index < -0.39 is 0 Å². The molecule has 1 aliphatic heterocycles. The van der Waals surface area contributed by atoms with E-state index in [2.05, 4.69) is 17.2 Å². The van der Waals surface area contributed by atoms with E-state index in [9.17, 15) is 0 Å². The number of rotatable bonds is 2. The van der Waals surface area contributed by atoms with Crippen molar-refractivity contribution in [3.8, 4) is 5.75 Å². The monoisotopic (exact) mass is 246 g/mol. The maximum Gasteiger partial charge on any atom is 0.202 e. The molecule has 0 bridgehead atoms. The molecule has 1 N–H and O–H groups in total. The van der Waals surface area contributed by atoms with Crippen molar-refractivity contribution in [3.05, 3.63) is 24.1 Å². The van der Waals surface area contributed by atoms with E-state index in [4.69, 9.17) is 9.15 Å². The van der Waals surface area contributed by atoms with Crippen LogP contribution in [0.15, 0.2) is 22.6 Å². The lowest BCUT2D eigenvalue weighted by molar-refractivity contribution is 0.279. The van der Waals surface area contributed by atoms with Gasteiger partial charge in [-0.05, 0) is 38.4 Å². The summed E-state index contributed by atoms with van der Waals surface area (Å²) < 4.78 is 11.1. The second kappa shape index (κ2) is 4.28. The molecule has 2 heterocycles. The van der Waals surface area contributed by atoms with E-state index >= 15 is 0 Å². The third kappa shape index (κ3) is 1.86. The number of nitrogens with one attached hydrogen (secondary N) is 1. The summed E-state index contributed by atoms with van der Waals surface area (Å²) in [5, 5.41) is 3.42. The normalized spacial score (nSPS) is 24.3. The van der Waals surface area contributed by atoms with Crippen LogP contribution in [0.1, 0.15) is 25.7 Å². The molecule has 1 atom stereocenters. The summed E-state index contributed by atoms with van der Waals surface area (Å²) in [6.45, 7) is 4.22. The first-order valence-electron chi connectivity index (χ1n) is 6.37. The summed E-state index contributed by atoms with van der Waals surface area (Å²) in [4.78, 5) is 4.63. The Morgan fingerprint density at radius 1 is 1.44 bits per heavy atom. The third-order valence-corrected chi connectivity index (χ3v) is 3.71. The largest absolute Gasteiger partial charge is 0.497 e. The first-order chi connectivity index (χ1) is 8.71. The molecule has 0 amide bonds. The predicted octanol–water partition coefficient (Wildman–Crippen LogP) is 2.48. The van der Waals surface area contributed by atoms with Crippen molar-refractivity contribution in [3.63, 3.8) is 0 Å². The van der Waals surface area contributed by atoms with Crippen molar-refractivity contribution in [1.82, 2.24) is 10.3 Å². The molecular formula is C14H18N2O2. The molecule has 0 aliphatic carbocycles. The lowest BCUT2D eigenvalue weighted by Gasteiger charge is -2.30. The van der Waals surface area contributed by atoms with Gasteiger partial charge in [0.1, 0.15) is 11.3 Å². The molecule has 1 unspecified atom stereocenters. The van der Waals surface area contributed by atoms with Crippen LogP contribution in [0.3, 0.4) is 0 Å². The van der Waals surface area contributed by atoms with E-state index in [1.165, 1.54) is 6.42 Å². The number of hydrogen-bond donors (Lipinski definition) is 1. The molecule has 4 heteroatoms. The molecule has 18 heavy (non-hydrogen) atoms. The number of aromatic nitrogens is 1. The van der Waals surface area contributed by atoms with Gasteiger partial charge in [0, 0.05) is 12.6 Å². The van der Waals surface area contributed by atoms with Gasteiger partial charge in [0.2, 0.25) is 5.89 Å². The van der Waals surface area contributed by atoms with Crippen molar-refractivity contribution >= 4 is 11.1 Å². The molecule has 1 aromatic carbocycles. The highest BCUT2D eigenvalue weighted by Gasteiger charge is 2.33. The fourth-order valence-electron chi connectivity index (χ4n) is 2.53. The van der Waals surface area contributed by atoms with E-state index in [0.717, 1.165) is 42.3 Å². The Balaban J connectivity index is 2.02. The molecular weight excluding hydrogens is 228 g/mol. The molecule has 0 spiro atoms. The van der Waals surface area contributed by atoms with Crippen LogP contribution in [0.2, 0.25) is 0 Å². The number of oxazole rings is 1. The topological polar surface area (TPSA) is 47.3 Å². The number of piperidine rings is 1. The summed E-state index contributed by atoms with van der Waals surface area (Å²) in [5.74, 6) is 1.65. The van der Waals surface area contributed by atoms with Crippen LogP contribution in [0.25, 0.3) is 11.1 Å². The zero-order valence-electron chi connectivity index (χ0n) is 10.8. The van der Waals surface area contributed by atoms with Crippen LogP contribution in [-0.4, -0.2) is 25.2 Å². The summed E-state index contributed by atoms with van der Waals surface area (Å²) in [6, 6.07) is 5.74. The van der Waals surface area contributed by atoms with Gasteiger partial charge in [0.15, 0.2) is 5.58 Å². The van der Waals surface area contributed by atoms with Crippen LogP contribution in [-0.2, 0) is 5.41 Å². The summed E-state index contributed by atoms with van der Waals surface area (Å²) in [6.07, 6.45) is 2.28. The van der Waals surface area contributed by atoms with Crippen LogP contribution in [0.5, 0.6) is 5.75 Å². The summed E-state index contributed by atoms with van der Waals surface area (Å²) >= 11 is 0. The molecule has 1 saturated heterocycles. The van der Waals surface area contributed by atoms with Gasteiger partial charge in [0.25, 0.3) is 0 Å². The number of ether oxygens (including phenoxy) is 1. The highest BCUT2D eigenvalue weighted by atomic mass is 16.5. The van der Waals surface area contributed by atoms with Gasteiger partial charge < -0.3 is 14.5 Å². The molecule has 0 saturated carbocycles. The average Bonchev–Trinajstić information content (AvgIpc) is 2.83. The van der Waals surface area contributed by atoms with Crippen molar-refractivity contribution in [1.29, 1.82) is 0 Å². The number of fused-ring (bicyclic) bond motifs is 1. The van der Waals surface area contributed by atoms with Crippen molar-refractivity contribution in [2.45, 2.75) is 25.2 Å². The van der Waals surface area contributed by atoms with Gasteiger partial charge in [-0.3, -0.25) is 0 Å². The number of benzene rings is 1.